The molecule has 2 N–H and O–H groups in total. The van der Waals surface area contributed by atoms with E-state index in [-0.39, 0.29) is 10.8 Å². The molecule has 0 aliphatic heterocycles. The van der Waals surface area contributed by atoms with E-state index in [0.29, 0.717) is 0 Å². The normalized spacial score (nSPS) is 10.3. The predicted molar refractivity (Wildman–Crippen MR) is 91.3 cm³/mol. The molecule has 116 valence electrons. The molecular formula is C17H18F2N2S. The van der Waals surface area contributed by atoms with Crippen molar-refractivity contribution in [3.05, 3.63) is 59.7 Å². The number of aryl methyl sites for hydroxylation is 1. The number of hydrogen-bond acceptors (Lipinski definition) is 1. The summed E-state index contributed by atoms with van der Waals surface area (Å²) in [4.78, 5) is 0. The lowest BCUT2D eigenvalue weighted by atomic mass is 10.1. The van der Waals surface area contributed by atoms with Gasteiger partial charge >= 0.3 is 0 Å². The van der Waals surface area contributed by atoms with E-state index in [1.54, 1.807) is 0 Å². The monoisotopic (exact) mass is 320 g/mol. The molecule has 0 amide bonds. The Morgan fingerprint density at radius 1 is 1.05 bits per heavy atom. The van der Waals surface area contributed by atoms with Crippen LogP contribution in [-0.2, 0) is 6.42 Å². The molecule has 0 heterocycles. The van der Waals surface area contributed by atoms with Gasteiger partial charge in [0.25, 0.3) is 0 Å². The molecule has 2 aromatic rings. The van der Waals surface area contributed by atoms with Gasteiger partial charge in [-0.2, -0.15) is 0 Å². The third-order valence-corrected chi connectivity index (χ3v) is 3.41. The highest BCUT2D eigenvalue weighted by molar-refractivity contribution is 7.80. The average Bonchev–Trinajstić information content (AvgIpc) is 2.50. The second-order valence-electron chi connectivity index (χ2n) is 5.00. The Kier molecular flexibility index (Phi) is 5.83. The third kappa shape index (κ3) is 4.77. The quantitative estimate of drug-likeness (QED) is 0.748. The van der Waals surface area contributed by atoms with Crippen LogP contribution in [0.2, 0.25) is 0 Å². The smallest absolute Gasteiger partial charge is 0.175 e. The number of rotatable bonds is 5. The highest BCUT2D eigenvalue weighted by atomic mass is 32.1. The first-order valence-electron chi connectivity index (χ1n) is 7.20. The molecule has 0 spiro atoms. The average molecular weight is 320 g/mol. The summed E-state index contributed by atoms with van der Waals surface area (Å²) in [5.41, 5.74) is 2.08. The number of nitrogens with one attached hydrogen (secondary N) is 2. The maximum Gasteiger partial charge on any atom is 0.175 e. The first-order chi connectivity index (χ1) is 10.6. The van der Waals surface area contributed by atoms with E-state index in [1.807, 2.05) is 24.3 Å². The van der Waals surface area contributed by atoms with Crippen molar-refractivity contribution < 1.29 is 8.78 Å². The van der Waals surface area contributed by atoms with Crippen LogP contribution in [0.5, 0.6) is 0 Å². The number of thiocarbonyl (C=S) groups is 1. The molecule has 0 aliphatic carbocycles. The zero-order chi connectivity index (χ0) is 15.9. The Morgan fingerprint density at radius 2 is 1.77 bits per heavy atom. The molecule has 0 aromatic heterocycles. The summed E-state index contributed by atoms with van der Waals surface area (Å²) in [7, 11) is 0. The van der Waals surface area contributed by atoms with Gasteiger partial charge in [0.2, 0.25) is 0 Å². The van der Waals surface area contributed by atoms with Crippen LogP contribution in [0.15, 0.2) is 42.5 Å². The van der Waals surface area contributed by atoms with Gasteiger partial charge in [-0.1, -0.05) is 25.5 Å². The van der Waals surface area contributed by atoms with E-state index in [4.69, 9.17) is 12.2 Å². The highest BCUT2D eigenvalue weighted by Crippen LogP contribution is 2.16. The molecule has 0 saturated carbocycles. The minimum Gasteiger partial charge on any atom is -0.332 e. The van der Waals surface area contributed by atoms with E-state index in [2.05, 4.69) is 17.6 Å². The van der Waals surface area contributed by atoms with E-state index in [1.165, 1.54) is 5.56 Å². The van der Waals surface area contributed by atoms with Gasteiger partial charge in [-0.15, -0.1) is 0 Å². The molecule has 0 saturated heterocycles. The standard InChI is InChI=1S/C17H18F2N2S/c1-2-3-4-12-5-8-14(9-6-12)20-17(22)21-16-11-13(18)7-10-15(16)19/h5-11H,2-4H2,1H3,(H2,20,21,22). The zero-order valence-electron chi connectivity index (χ0n) is 12.3. The van der Waals surface area contributed by atoms with Gasteiger partial charge in [-0.25, -0.2) is 8.78 Å². The first kappa shape index (κ1) is 16.4. The van der Waals surface area contributed by atoms with Crippen LogP contribution in [-0.4, -0.2) is 5.11 Å². The summed E-state index contributed by atoms with van der Waals surface area (Å²) in [6, 6.07) is 11.1. The van der Waals surface area contributed by atoms with Gasteiger partial charge in [0, 0.05) is 11.8 Å². The molecule has 0 fully saturated rings. The highest BCUT2D eigenvalue weighted by Gasteiger charge is 2.06. The summed E-state index contributed by atoms with van der Waals surface area (Å²) in [5, 5.41) is 5.82. The number of hydrogen-bond donors (Lipinski definition) is 2. The van der Waals surface area contributed by atoms with Crippen LogP contribution in [0.3, 0.4) is 0 Å². The summed E-state index contributed by atoms with van der Waals surface area (Å²) >= 11 is 5.11. The summed E-state index contributed by atoms with van der Waals surface area (Å²) in [5.74, 6) is -1.08. The first-order valence-corrected chi connectivity index (χ1v) is 7.61. The fraction of sp³-hybridized carbons (Fsp3) is 0.235. The molecule has 0 bridgehead atoms. The van der Waals surface area contributed by atoms with Crippen LogP contribution < -0.4 is 10.6 Å². The van der Waals surface area contributed by atoms with Crippen molar-refractivity contribution in [2.24, 2.45) is 0 Å². The van der Waals surface area contributed by atoms with Crippen molar-refractivity contribution in [3.8, 4) is 0 Å². The molecule has 2 nitrogen and oxygen atoms in total. The number of anilines is 2. The fourth-order valence-electron chi connectivity index (χ4n) is 2.01. The lowest BCUT2D eigenvalue weighted by molar-refractivity contribution is 0.604. The minimum atomic E-state index is -0.555. The van der Waals surface area contributed by atoms with E-state index in [0.717, 1.165) is 43.1 Å². The van der Waals surface area contributed by atoms with E-state index >= 15 is 0 Å². The van der Waals surface area contributed by atoms with Gasteiger partial charge in [0.1, 0.15) is 11.6 Å². The second-order valence-corrected chi connectivity index (χ2v) is 5.41. The number of halogens is 2. The molecule has 0 unspecified atom stereocenters. The molecule has 22 heavy (non-hydrogen) atoms. The molecule has 0 aliphatic rings. The van der Waals surface area contributed by atoms with Crippen LogP contribution >= 0.6 is 12.2 Å². The molecule has 0 radical (unpaired) electrons. The maximum atomic E-state index is 13.5. The lowest BCUT2D eigenvalue weighted by Crippen LogP contribution is -2.19. The Hall–Kier alpha value is -2.01. The van der Waals surface area contributed by atoms with Gasteiger partial charge < -0.3 is 10.6 Å². The topological polar surface area (TPSA) is 24.1 Å². The SMILES string of the molecule is CCCCc1ccc(NC(=S)Nc2cc(F)ccc2F)cc1. The Morgan fingerprint density at radius 3 is 2.45 bits per heavy atom. The second kappa shape index (κ2) is 7.84. The fourth-order valence-corrected chi connectivity index (χ4v) is 2.24. The molecule has 0 atom stereocenters. The van der Waals surface area contributed by atoms with Gasteiger partial charge in [-0.05, 0) is 54.9 Å². The maximum absolute atomic E-state index is 13.5. The largest absolute Gasteiger partial charge is 0.332 e. The molecule has 2 rings (SSSR count). The van der Waals surface area contributed by atoms with Gasteiger partial charge in [0.15, 0.2) is 5.11 Å². The molecule has 5 heteroatoms. The number of unbranched alkanes of at least 4 members (excludes halogenated alkanes) is 1. The van der Waals surface area contributed by atoms with Crippen molar-refractivity contribution in [1.82, 2.24) is 0 Å². The summed E-state index contributed by atoms with van der Waals surface area (Å²) in [6.45, 7) is 2.16. The minimum absolute atomic E-state index is 0.0112. The van der Waals surface area contributed by atoms with E-state index in [9.17, 15) is 8.78 Å². The summed E-state index contributed by atoms with van der Waals surface area (Å²) < 4.78 is 26.6. The predicted octanol–water partition coefficient (Wildman–Crippen LogP) is 5.12. The molecule has 2 aromatic carbocycles. The molecular weight excluding hydrogens is 302 g/mol. The van der Waals surface area contributed by atoms with Crippen LogP contribution in [0.4, 0.5) is 20.2 Å². The van der Waals surface area contributed by atoms with Gasteiger partial charge in [0.05, 0.1) is 5.69 Å². The van der Waals surface area contributed by atoms with Crippen molar-refractivity contribution in [3.63, 3.8) is 0 Å². The van der Waals surface area contributed by atoms with Crippen LogP contribution in [0.1, 0.15) is 25.3 Å². The third-order valence-electron chi connectivity index (χ3n) is 3.21. The van der Waals surface area contributed by atoms with E-state index < -0.39 is 11.6 Å². The van der Waals surface area contributed by atoms with Crippen LogP contribution in [0.25, 0.3) is 0 Å². The Labute approximate surface area is 134 Å². The lowest BCUT2D eigenvalue weighted by Gasteiger charge is -2.11. The van der Waals surface area contributed by atoms with Crippen molar-refractivity contribution >= 4 is 28.7 Å². The number of benzene rings is 2. The summed E-state index contributed by atoms with van der Waals surface area (Å²) in [6.07, 6.45) is 3.37. The van der Waals surface area contributed by atoms with Crippen molar-refractivity contribution in [1.29, 1.82) is 0 Å². The van der Waals surface area contributed by atoms with Gasteiger partial charge in [-0.3, -0.25) is 0 Å². The Balaban J connectivity index is 1.95. The zero-order valence-corrected chi connectivity index (χ0v) is 13.1. The van der Waals surface area contributed by atoms with Crippen molar-refractivity contribution in [2.45, 2.75) is 26.2 Å². The van der Waals surface area contributed by atoms with Crippen molar-refractivity contribution in [2.75, 3.05) is 10.6 Å². The Bertz CT molecular complexity index is 642. The van der Waals surface area contributed by atoms with Crippen LogP contribution in [0, 0.1) is 11.6 Å².